The van der Waals surface area contributed by atoms with Gasteiger partial charge in [-0.1, -0.05) is 0 Å². The monoisotopic (exact) mass is 490 g/mol. The van der Waals surface area contributed by atoms with Gasteiger partial charge in [0.1, 0.15) is 5.82 Å². The van der Waals surface area contributed by atoms with E-state index in [-0.39, 0.29) is 0 Å². The van der Waals surface area contributed by atoms with Crippen LogP contribution in [-0.4, -0.2) is 58.7 Å². The number of anilines is 5. The van der Waals surface area contributed by atoms with E-state index < -0.39 is 12.1 Å². The van der Waals surface area contributed by atoms with E-state index in [1.807, 2.05) is 12.1 Å². The van der Waals surface area contributed by atoms with E-state index in [2.05, 4.69) is 61.0 Å². The van der Waals surface area contributed by atoms with Crippen LogP contribution >= 0.6 is 0 Å². The zero-order valence-corrected chi connectivity index (χ0v) is 18.7. The number of carbonyl (C=O) groups is 1. The Kier molecular flexibility index (Phi) is 7.39. The van der Waals surface area contributed by atoms with Gasteiger partial charge in [-0.05, 0) is 43.2 Å². The van der Waals surface area contributed by atoms with Gasteiger partial charge in [-0.25, -0.2) is 9.78 Å². The van der Waals surface area contributed by atoms with E-state index in [1.165, 1.54) is 24.2 Å². The molecule has 186 valence electrons. The predicted molar refractivity (Wildman–Crippen MR) is 125 cm³/mol. The minimum atomic E-state index is -5.08. The van der Waals surface area contributed by atoms with Gasteiger partial charge in [-0.2, -0.15) is 18.3 Å². The first kappa shape index (κ1) is 24.3. The van der Waals surface area contributed by atoms with Gasteiger partial charge < -0.3 is 25.4 Å². The Morgan fingerprint density at radius 1 is 1.03 bits per heavy atom. The normalized spacial score (nSPS) is 15.7. The van der Waals surface area contributed by atoms with Crippen LogP contribution in [0, 0.1) is 0 Å². The fourth-order valence-corrected chi connectivity index (χ4v) is 3.45. The summed E-state index contributed by atoms with van der Waals surface area (Å²) in [5.74, 6) is -0.457. The fourth-order valence-electron chi connectivity index (χ4n) is 3.45. The number of hydrogen-bond donors (Lipinski definition) is 4. The standard InChI is InChI=1S/C21H24N6O.C2HF3O2/c1-2-15(1)19-14-21(26-25-19)24-17-7-8-22-20(13-17)23-16-3-5-18(6-4-16)27-9-11-28-12-10-27;3-2(4,5)1(6)7/h3-8,13-15H,1-2,9-12H2,(H3,22,23,24,25,26);(H,6,7). The zero-order chi connectivity index (χ0) is 24.8. The number of halogens is 3. The molecule has 5 rings (SSSR count). The summed E-state index contributed by atoms with van der Waals surface area (Å²) in [6.07, 6.45) is -0.772. The molecule has 1 saturated heterocycles. The number of morpholine rings is 1. The van der Waals surface area contributed by atoms with Crippen LogP contribution in [0.3, 0.4) is 0 Å². The fraction of sp³-hybridized carbons (Fsp3) is 0.348. The Balaban J connectivity index is 0.000000364. The molecule has 0 radical (unpaired) electrons. The Bertz CT molecular complexity index is 1130. The van der Waals surface area contributed by atoms with E-state index in [0.717, 1.165) is 49.3 Å². The Hall–Kier alpha value is -3.80. The smallest absolute Gasteiger partial charge is 0.475 e. The number of nitrogens with one attached hydrogen (secondary N) is 3. The van der Waals surface area contributed by atoms with Crippen molar-refractivity contribution < 1.29 is 27.8 Å². The number of ether oxygens (including phenoxy) is 1. The van der Waals surface area contributed by atoms with Gasteiger partial charge in [0, 0.05) is 60.1 Å². The van der Waals surface area contributed by atoms with E-state index in [0.29, 0.717) is 5.92 Å². The van der Waals surface area contributed by atoms with Crippen LogP contribution in [0.25, 0.3) is 0 Å². The van der Waals surface area contributed by atoms with E-state index in [1.54, 1.807) is 6.20 Å². The minimum Gasteiger partial charge on any atom is -0.475 e. The third-order valence-electron chi connectivity index (χ3n) is 5.41. The number of carboxylic acid groups (broad SMARTS) is 1. The number of benzene rings is 1. The summed E-state index contributed by atoms with van der Waals surface area (Å²) < 4.78 is 37.2. The molecule has 12 heteroatoms. The van der Waals surface area contributed by atoms with E-state index in [9.17, 15) is 13.2 Å². The summed E-state index contributed by atoms with van der Waals surface area (Å²) in [6, 6.07) is 14.5. The predicted octanol–water partition coefficient (Wildman–Crippen LogP) is 4.64. The molecule has 1 aliphatic carbocycles. The molecule has 2 aliphatic rings. The second-order valence-electron chi connectivity index (χ2n) is 8.11. The number of nitrogens with zero attached hydrogens (tertiary/aromatic N) is 3. The Morgan fingerprint density at radius 3 is 2.31 bits per heavy atom. The molecule has 3 heterocycles. The number of alkyl halides is 3. The van der Waals surface area contributed by atoms with Gasteiger partial charge in [0.15, 0.2) is 5.82 Å². The first-order valence-corrected chi connectivity index (χ1v) is 11.1. The van der Waals surface area contributed by atoms with Gasteiger partial charge in [0.25, 0.3) is 0 Å². The van der Waals surface area contributed by atoms with Crippen molar-refractivity contribution >= 4 is 34.7 Å². The SMILES string of the molecule is O=C(O)C(F)(F)F.c1cc(Nc2cc(C3CC3)[nH]n2)cc(Nc2ccc(N3CCOCC3)cc2)n1. The molecule has 1 aromatic carbocycles. The first-order chi connectivity index (χ1) is 16.8. The number of pyridine rings is 1. The number of H-pyrrole nitrogens is 1. The lowest BCUT2D eigenvalue weighted by atomic mass is 10.2. The molecule has 9 nitrogen and oxygen atoms in total. The van der Waals surface area contributed by atoms with Gasteiger partial charge >= 0.3 is 12.1 Å². The minimum absolute atomic E-state index is 0.665. The highest BCUT2D eigenvalue weighted by molar-refractivity contribution is 5.73. The molecule has 0 amide bonds. The van der Waals surface area contributed by atoms with E-state index >= 15 is 0 Å². The van der Waals surface area contributed by atoms with Crippen LogP contribution in [0.4, 0.5) is 41.9 Å². The maximum atomic E-state index is 10.6. The van der Waals surface area contributed by atoms with E-state index in [4.69, 9.17) is 14.6 Å². The van der Waals surface area contributed by atoms with Crippen LogP contribution in [-0.2, 0) is 9.53 Å². The van der Waals surface area contributed by atoms with Crippen LogP contribution in [0.15, 0.2) is 48.7 Å². The Labute approximate surface area is 199 Å². The molecule has 2 fully saturated rings. The highest BCUT2D eigenvalue weighted by atomic mass is 19.4. The second-order valence-corrected chi connectivity index (χ2v) is 8.11. The van der Waals surface area contributed by atoms with Crippen LogP contribution in [0.2, 0.25) is 0 Å². The average Bonchev–Trinajstić information content (AvgIpc) is 3.59. The molecule has 0 unspecified atom stereocenters. The molecular formula is C23H25F3N6O3. The third-order valence-corrected chi connectivity index (χ3v) is 5.41. The number of aromatic nitrogens is 3. The molecular weight excluding hydrogens is 465 g/mol. The van der Waals surface area contributed by atoms with Gasteiger partial charge in [0.2, 0.25) is 0 Å². The Morgan fingerprint density at radius 2 is 1.69 bits per heavy atom. The lowest BCUT2D eigenvalue weighted by Gasteiger charge is -2.28. The van der Waals surface area contributed by atoms with Crippen molar-refractivity contribution in [2.24, 2.45) is 0 Å². The summed E-state index contributed by atoms with van der Waals surface area (Å²) in [5, 5.41) is 21.3. The summed E-state index contributed by atoms with van der Waals surface area (Å²) in [4.78, 5) is 15.7. The molecule has 35 heavy (non-hydrogen) atoms. The third kappa shape index (κ3) is 7.09. The lowest BCUT2D eigenvalue weighted by Crippen LogP contribution is -2.36. The molecule has 2 aromatic heterocycles. The topological polar surface area (TPSA) is 115 Å². The average molecular weight is 490 g/mol. The summed E-state index contributed by atoms with van der Waals surface area (Å²) >= 11 is 0. The zero-order valence-electron chi connectivity index (χ0n) is 18.7. The molecule has 0 bridgehead atoms. The van der Waals surface area contributed by atoms with Gasteiger partial charge in [0.05, 0.1) is 13.2 Å². The molecule has 0 atom stereocenters. The summed E-state index contributed by atoms with van der Waals surface area (Å²) in [7, 11) is 0. The highest BCUT2D eigenvalue weighted by Crippen LogP contribution is 2.39. The van der Waals surface area contributed by atoms with Crippen molar-refractivity contribution in [3.8, 4) is 0 Å². The number of hydrogen-bond acceptors (Lipinski definition) is 7. The molecule has 4 N–H and O–H groups in total. The van der Waals surface area contributed by atoms with Crippen molar-refractivity contribution in [2.75, 3.05) is 41.8 Å². The van der Waals surface area contributed by atoms with Crippen molar-refractivity contribution in [2.45, 2.75) is 24.9 Å². The van der Waals surface area contributed by atoms with Crippen LogP contribution in [0.1, 0.15) is 24.5 Å². The summed E-state index contributed by atoms with van der Waals surface area (Å²) in [5.41, 5.74) is 4.41. The first-order valence-electron chi connectivity index (χ1n) is 11.1. The van der Waals surface area contributed by atoms with Crippen LogP contribution < -0.4 is 15.5 Å². The van der Waals surface area contributed by atoms with Crippen LogP contribution in [0.5, 0.6) is 0 Å². The van der Waals surface area contributed by atoms with Crippen molar-refractivity contribution in [1.82, 2.24) is 15.2 Å². The van der Waals surface area contributed by atoms with Crippen molar-refractivity contribution in [3.05, 3.63) is 54.4 Å². The van der Waals surface area contributed by atoms with Crippen molar-refractivity contribution in [3.63, 3.8) is 0 Å². The maximum Gasteiger partial charge on any atom is 0.490 e. The summed E-state index contributed by atoms with van der Waals surface area (Å²) in [6.45, 7) is 3.47. The number of aliphatic carboxylic acids is 1. The quantitative estimate of drug-likeness (QED) is 0.395. The van der Waals surface area contributed by atoms with Crippen molar-refractivity contribution in [1.29, 1.82) is 0 Å². The molecule has 3 aromatic rings. The second kappa shape index (κ2) is 10.6. The lowest BCUT2D eigenvalue weighted by molar-refractivity contribution is -0.192. The molecule has 1 saturated carbocycles. The number of rotatable bonds is 6. The largest absolute Gasteiger partial charge is 0.490 e. The number of carboxylic acids is 1. The highest BCUT2D eigenvalue weighted by Gasteiger charge is 2.38. The van der Waals surface area contributed by atoms with Gasteiger partial charge in [-0.3, -0.25) is 5.10 Å². The van der Waals surface area contributed by atoms with Gasteiger partial charge in [-0.15, -0.1) is 0 Å². The maximum absolute atomic E-state index is 10.6. The number of aromatic amines is 1. The molecule has 0 spiro atoms. The molecule has 1 aliphatic heterocycles.